The fourth-order valence-electron chi connectivity index (χ4n) is 3.73. The molecule has 1 fully saturated rings. The van der Waals surface area contributed by atoms with Gasteiger partial charge in [0.25, 0.3) is 0 Å². The van der Waals surface area contributed by atoms with E-state index in [2.05, 4.69) is 36.0 Å². The summed E-state index contributed by atoms with van der Waals surface area (Å²) < 4.78 is 12.5. The van der Waals surface area contributed by atoms with Crippen molar-refractivity contribution < 1.29 is 9.26 Å². The van der Waals surface area contributed by atoms with E-state index in [9.17, 15) is 0 Å². The summed E-state index contributed by atoms with van der Waals surface area (Å²) >= 11 is 1.66. The van der Waals surface area contributed by atoms with Gasteiger partial charge in [0, 0.05) is 12.1 Å². The van der Waals surface area contributed by atoms with Crippen LogP contribution in [-0.2, 0) is 0 Å². The van der Waals surface area contributed by atoms with Gasteiger partial charge >= 0.3 is 0 Å². The monoisotopic (exact) mass is 370 g/mol. The van der Waals surface area contributed by atoms with Gasteiger partial charge in [0.15, 0.2) is 5.58 Å². The Bertz CT molecular complexity index is 846. The first-order valence-electron chi connectivity index (χ1n) is 9.49. The van der Waals surface area contributed by atoms with Crippen LogP contribution >= 0.6 is 11.3 Å². The highest BCUT2D eigenvalue weighted by atomic mass is 32.1. The Morgan fingerprint density at radius 2 is 2.12 bits per heavy atom. The van der Waals surface area contributed by atoms with Crippen molar-refractivity contribution in [2.75, 3.05) is 26.2 Å². The molecule has 3 aromatic rings. The molecule has 0 bridgehead atoms. The van der Waals surface area contributed by atoms with Crippen LogP contribution in [0.3, 0.4) is 0 Å². The van der Waals surface area contributed by atoms with Gasteiger partial charge in [0.2, 0.25) is 0 Å². The molecule has 0 N–H and O–H groups in total. The molecule has 1 saturated heterocycles. The summed E-state index contributed by atoms with van der Waals surface area (Å²) in [6.07, 6.45) is 2.63. The number of thiophene rings is 1. The van der Waals surface area contributed by atoms with Crippen molar-refractivity contribution in [1.29, 1.82) is 0 Å². The molecule has 26 heavy (non-hydrogen) atoms. The lowest BCUT2D eigenvalue weighted by molar-refractivity contribution is 0.137. The molecular formula is C21H26N2O2S. The van der Waals surface area contributed by atoms with E-state index < -0.39 is 0 Å². The van der Waals surface area contributed by atoms with E-state index in [-0.39, 0.29) is 0 Å². The number of rotatable bonds is 6. The summed E-state index contributed by atoms with van der Waals surface area (Å²) in [6.45, 7) is 8.80. The number of nitrogens with zero attached hydrogens (tertiary/aromatic N) is 2. The summed E-state index contributed by atoms with van der Waals surface area (Å²) in [5, 5.41) is 6.24. The molecule has 4 rings (SSSR count). The Morgan fingerprint density at radius 1 is 1.27 bits per heavy atom. The lowest BCUT2D eigenvalue weighted by Crippen LogP contribution is -2.37. The molecule has 0 spiro atoms. The summed E-state index contributed by atoms with van der Waals surface area (Å²) in [5.74, 6) is 2.59. The first-order valence-corrected chi connectivity index (χ1v) is 10.4. The SMILES string of the molecule is CC(C)C1CCN(CCOc2cccc(-c3noc4ccsc34)c2)CC1. The highest BCUT2D eigenvalue weighted by Crippen LogP contribution is 2.33. The Balaban J connectivity index is 1.33. The molecule has 3 heterocycles. The highest BCUT2D eigenvalue weighted by Gasteiger charge is 2.21. The van der Waals surface area contributed by atoms with Gasteiger partial charge in [-0.3, -0.25) is 4.90 Å². The summed E-state index contributed by atoms with van der Waals surface area (Å²) in [4.78, 5) is 2.52. The minimum Gasteiger partial charge on any atom is -0.492 e. The standard InChI is InChI=1S/C21H26N2O2S/c1-15(2)16-6-9-23(10-7-16)11-12-24-18-5-3-4-17(14-18)20-21-19(25-22-20)8-13-26-21/h3-5,8,13-16H,6-7,9-12H2,1-2H3. The topological polar surface area (TPSA) is 38.5 Å². The van der Waals surface area contributed by atoms with Crippen LogP contribution in [-0.4, -0.2) is 36.3 Å². The molecule has 1 aliphatic heterocycles. The van der Waals surface area contributed by atoms with Crippen molar-refractivity contribution in [3.63, 3.8) is 0 Å². The van der Waals surface area contributed by atoms with Crippen molar-refractivity contribution in [2.45, 2.75) is 26.7 Å². The molecule has 2 aromatic heterocycles. The molecule has 0 saturated carbocycles. The number of aromatic nitrogens is 1. The summed E-state index contributed by atoms with van der Waals surface area (Å²) in [7, 11) is 0. The third-order valence-corrected chi connectivity index (χ3v) is 6.34. The second-order valence-corrected chi connectivity index (χ2v) is 8.36. The molecular weight excluding hydrogens is 344 g/mol. The Labute approximate surface area is 158 Å². The van der Waals surface area contributed by atoms with E-state index >= 15 is 0 Å². The number of ether oxygens (including phenoxy) is 1. The third-order valence-electron chi connectivity index (χ3n) is 5.44. The fraction of sp³-hybridized carbons (Fsp3) is 0.476. The molecule has 4 nitrogen and oxygen atoms in total. The van der Waals surface area contributed by atoms with Crippen LogP contribution in [0.5, 0.6) is 5.75 Å². The highest BCUT2D eigenvalue weighted by molar-refractivity contribution is 7.17. The first kappa shape index (κ1) is 17.6. The second-order valence-electron chi connectivity index (χ2n) is 7.44. The van der Waals surface area contributed by atoms with E-state index in [1.54, 1.807) is 11.3 Å². The number of hydrogen-bond donors (Lipinski definition) is 0. The van der Waals surface area contributed by atoms with Crippen LogP contribution in [0.25, 0.3) is 21.5 Å². The minimum atomic E-state index is 0.725. The van der Waals surface area contributed by atoms with Crippen LogP contribution in [0, 0.1) is 11.8 Å². The number of benzene rings is 1. The maximum atomic E-state index is 6.02. The zero-order valence-corrected chi connectivity index (χ0v) is 16.3. The number of piperidine rings is 1. The Morgan fingerprint density at radius 3 is 2.92 bits per heavy atom. The van der Waals surface area contributed by atoms with Crippen molar-refractivity contribution in [3.8, 4) is 17.0 Å². The van der Waals surface area contributed by atoms with Gasteiger partial charge in [-0.15, -0.1) is 11.3 Å². The van der Waals surface area contributed by atoms with Gasteiger partial charge in [-0.05, 0) is 61.3 Å². The normalized spacial score (nSPS) is 16.6. The van der Waals surface area contributed by atoms with Crippen molar-refractivity contribution in [3.05, 3.63) is 35.7 Å². The molecule has 1 aliphatic rings. The maximum Gasteiger partial charge on any atom is 0.178 e. The predicted octanol–water partition coefficient (Wildman–Crippen LogP) is 5.30. The lowest BCUT2D eigenvalue weighted by Gasteiger charge is -2.33. The van der Waals surface area contributed by atoms with Gasteiger partial charge in [-0.25, -0.2) is 0 Å². The molecule has 138 valence electrons. The number of hydrogen-bond acceptors (Lipinski definition) is 5. The predicted molar refractivity (Wildman–Crippen MR) is 107 cm³/mol. The van der Waals surface area contributed by atoms with Crippen LogP contribution in [0.4, 0.5) is 0 Å². The second kappa shape index (κ2) is 7.80. The molecule has 5 heteroatoms. The Hall–Kier alpha value is -1.85. The van der Waals surface area contributed by atoms with Crippen molar-refractivity contribution >= 4 is 21.6 Å². The van der Waals surface area contributed by atoms with Gasteiger partial charge < -0.3 is 9.26 Å². The smallest absolute Gasteiger partial charge is 0.178 e. The van der Waals surface area contributed by atoms with Gasteiger partial charge in [0.1, 0.15) is 22.8 Å². The van der Waals surface area contributed by atoms with E-state index in [1.807, 2.05) is 23.6 Å². The molecule has 0 unspecified atom stereocenters. The van der Waals surface area contributed by atoms with Gasteiger partial charge in [0.05, 0.1) is 0 Å². The molecule has 0 atom stereocenters. The van der Waals surface area contributed by atoms with Crippen LogP contribution in [0.15, 0.2) is 40.2 Å². The van der Waals surface area contributed by atoms with Crippen molar-refractivity contribution in [2.24, 2.45) is 11.8 Å². The quantitative estimate of drug-likeness (QED) is 0.590. The lowest BCUT2D eigenvalue weighted by atomic mass is 9.87. The van der Waals surface area contributed by atoms with Gasteiger partial charge in [-0.2, -0.15) is 0 Å². The van der Waals surface area contributed by atoms with E-state index in [0.717, 1.165) is 52.3 Å². The first-order chi connectivity index (χ1) is 12.7. The third kappa shape index (κ3) is 3.79. The van der Waals surface area contributed by atoms with E-state index in [4.69, 9.17) is 9.26 Å². The number of likely N-dealkylation sites (tertiary alicyclic amines) is 1. The van der Waals surface area contributed by atoms with Crippen LogP contribution in [0.2, 0.25) is 0 Å². The maximum absolute atomic E-state index is 6.02. The van der Waals surface area contributed by atoms with Crippen LogP contribution in [0.1, 0.15) is 26.7 Å². The van der Waals surface area contributed by atoms with Crippen molar-refractivity contribution in [1.82, 2.24) is 10.1 Å². The van der Waals surface area contributed by atoms with E-state index in [1.165, 1.54) is 25.9 Å². The molecule has 1 aromatic carbocycles. The summed E-state index contributed by atoms with van der Waals surface area (Å²) in [5.41, 5.74) is 2.79. The van der Waals surface area contributed by atoms with E-state index in [0.29, 0.717) is 0 Å². The Kier molecular flexibility index (Phi) is 5.27. The zero-order chi connectivity index (χ0) is 17.9. The average molecular weight is 371 g/mol. The molecule has 0 amide bonds. The average Bonchev–Trinajstić information content (AvgIpc) is 3.26. The minimum absolute atomic E-state index is 0.725. The largest absolute Gasteiger partial charge is 0.492 e. The van der Waals surface area contributed by atoms with Crippen LogP contribution < -0.4 is 4.74 Å². The number of fused-ring (bicyclic) bond motifs is 1. The molecule has 0 aliphatic carbocycles. The molecule has 0 radical (unpaired) electrons. The zero-order valence-electron chi connectivity index (χ0n) is 15.5. The fourth-order valence-corrected chi connectivity index (χ4v) is 4.55. The summed E-state index contributed by atoms with van der Waals surface area (Å²) in [6, 6.07) is 10.1. The van der Waals surface area contributed by atoms with Gasteiger partial charge in [-0.1, -0.05) is 31.1 Å².